The number of methoxy groups -OCH3 is 1. The highest BCUT2D eigenvalue weighted by molar-refractivity contribution is 6.08. The van der Waals surface area contributed by atoms with E-state index in [1.54, 1.807) is 13.3 Å². The molecule has 1 heterocycles. The highest BCUT2D eigenvalue weighted by Crippen LogP contribution is 2.28. The Morgan fingerprint density at radius 3 is 2.48 bits per heavy atom. The number of carbonyl (C=O) groups excluding carboxylic acids is 1. The molecule has 6 heteroatoms. The molecule has 0 atom stereocenters. The minimum absolute atomic E-state index is 0.239. The van der Waals surface area contributed by atoms with Crippen LogP contribution in [0, 0.1) is 6.92 Å². The molecule has 0 fully saturated rings. The molecule has 0 bridgehead atoms. The summed E-state index contributed by atoms with van der Waals surface area (Å²) in [6.45, 7) is 8.14. The van der Waals surface area contributed by atoms with E-state index in [9.17, 15) is 4.79 Å². The summed E-state index contributed by atoms with van der Waals surface area (Å²) in [4.78, 5) is 15.1. The lowest BCUT2D eigenvalue weighted by Crippen LogP contribution is -2.21. The molecule has 0 aliphatic heterocycles. The number of aryl methyl sites for hydroxylation is 1. The van der Waals surface area contributed by atoms with Gasteiger partial charge >= 0.3 is 0 Å². The Morgan fingerprint density at radius 2 is 1.86 bits per heavy atom. The Kier molecular flexibility index (Phi) is 6.22. The van der Waals surface area contributed by atoms with Gasteiger partial charge in [-0.3, -0.25) is 4.79 Å². The lowest BCUT2D eigenvalue weighted by atomic mass is 10.1. The summed E-state index contributed by atoms with van der Waals surface area (Å²) in [5.41, 5.74) is 7.22. The molecule has 3 aromatic rings. The predicted octanol–water partition coefficient (Wildman–Crippen LogP) is 4.11. The van der Waals surface area contributed by atoms with Gasteiger partial charge < -0.3 is 14.2 Å². The van der Waals surface area contributed by atoms with Crippen molar-refractivity contribution in [3.05, 3.63) is 59.3 Å². The normalized spacial score (nSPS) is 11.2. The molecule has 0 radical (unpaired) electrons. The number of aromatic nitrogens is 1. The third-order valence-electron chi connectivity index (χ3n) is 5.33. The maximum atomic E-state index is 12.8. The average Bonchev–Trinajstić information content (AvgIpc) is 2.99. The Bertz CT molecular complexity index is 1030. The van der Waals surface area contributed by atoms with E-state index in [2.05, 4.69) is 41.4 Å². The second kappa shape index (κ2) is 8.82. The van der Waals surface area contributed by atoms with Crippen molar-refractivity contribution in [1.29, 1.82) is 0 Å². The van der Waals surface area contributed by atoms with E-state index >= 15 is 0 Å². The molecule has 1 N–H and O–H groups in total. The van der Waals surface area contributed by atoms with E-state index in [-0.39, 0.29) is 5.91 Å². The van der Waals surface area contributed by atoms with Crippen molar-refractivity contribution < 1.29 is 9.53 Å². The van der Waals surface area contributed by atoms with E-state index in [4.69, 9.17) is 4.74 Å². The summed E-state index contributed by atoms with van der Waals surface area (Å²) in [5.74, 6) is 0.478. The van der Waals surface area contributed by atoms with E-state index < -0.39 is 0 Å². The summed E-state index contributed by atoms with van der Waals surface area (Å²) in [5, 5.41) is 5.00. The van der Waals surface area contributed by atoms with Crippen LogP contribution in [-0.2, 0) is 7.05 Å². The standard InChI is InChI=1S/C23H28N4O2/c1-6-27(7-2)18-10-8-17(9-11-18)15-24-25-23(28)22-16(3)26(4)21-13-12-19(29-5)14-20(21)22/h8-15H,6-7H2,1-5H3,(H,25,28)/b24-15+. The fraction of sp³-hybridized carbons (Fsp3) is 0.304. The fourth-order valence-electron chi connectivity index (χ4n) is 3.55. The van der Waals surface area contributed by atoms with Crippen LogP contribution in [0.2, 0.25) is 0 Å². The first-order chi connectivity index (χ1) is 14.0. The molecule has 1 amide bonds. The van der Waals surface area contributed by atoms with Crippen LogP contribution in [0.3, 0.4) is 0 Å². The maximum absolute atomic E-state index is 12.8. The van der Waals surface area contributed by atoms with Crippen LogP contribution >= 0.6 is 0 Å². The summed E-state index contributed by atoms with van der Waals surface area (Å²) in [7, 11) is 3.56. The number of fused-ring (bicyclic) bond motifs is 1. The summed E-state index contributed by atoms with van der Waals surface area (Å²) < 4.78 is 7.31. The molecule has 0 spiro atoms. The number of carbonyl (C=O) groups is 1. The predicted molar refractivity (Wildman–Crippen MR) is 119 cm³/mol. The van der Waals surface area contributed by atoms with Crippen LogP contribution in [0.15, 0.2) is 47.6 Å². The Morgan fingerprint density at radius 1 is 1.17 bits per heavy atom. The van der Waals surface area contributed by atoms with Gasteiger partial charge in [-0.15, -0.1) is 0 Å². The summed E-state index contributed by atoms with van der Waals surface area (Å²) in [6.07, 6.45) is 1.66. The van der Waals surface area contributed by atoms with E-state index in [0.717, 1.165) is 35.2 Å². The van der Waals surface area contributed by atoms with Gasteiger partial charge in [-0.1, -0.05) is 12.1 Å². The van der Waals surface area contributed by atoms with Gasteiger partial charge in [0.25, 0.3) is 5.91 Å². The number of nitrogens with zero attached hydrogens (tertiary/aromatic N) is 3. The second-order valence-electron chi connectivity index (χ2n) is 6.87. The fourth-order valence-corrected chi connectivity index (χ4v) is 3.55. The molecule has 0 unspecified atom stereocenters. The number of anilines is 1. The maximum Gasteiger partial charge on any atom is 0.273 e. The number of amides is 1. The zero-order chi connectivity index (χ0) is 21.0. The van der Waals surface area contributed by atoms with Crippen LogP contribution < -0.4 is 15.1 Å². The number of rotatable bonds is 7. The molecule has 0 saturated carbocycles. The zero-order valence-corrected chi connectivity index (χ0v) is 17.7. The molecule has 3 rings (SSSR count). The van der Waals surface area contributed by atoms with Crippen LogP contribution in [-0.4, -0.2) is 36.9 Å². The highest BCUT2D eigenvalue weighted by Gasteiger charge is 2.18. The molecule has 2 aromatic carbocycles. The van der Waals surface area contributed by atoms with Crippen molar-refractivity contribution in [2.45, 2.75) is 20.8 Å². The monoisotopic (exact) mass is 392 g/mol. The number of nitrogens with one attached hydrogen (secondary N) is 1. The smallest absolute Gasteiger partial charge is 0.273 e. The number of benzene rings is 2. The van der Waals surface area contributed by atoms with E-state index in [1.165, 1.54) is 5.69 Å². The van der Waals surface area contributed by atoms with Gasteiger partial charge in [0.2, 0.25) is 0 Å². The van der Waals surface area contributed by atoms with Crippen LogP contribution in [0.4, 0.5) is 5.69 Å². The largest absolute Gasteiger partial charge is 0.497 e. The second-order valence-corrected chi connectivity index (χ2v) is 6.87. The average molecular weight is 393 g/mol. The van der Waals surface area contributed by atoms with Crippen molar-refractivity contribution in [3.8, 4) is 5.75 Å². The van der Waals surface area contributed by atoms with Crippen LogP contribution in [0.25, 0.3) is 10.9 Å². The summed E-state index contributed by atoms with van der Waals surface area (Å²) >= 11 is 0. The Balaban J connectivity index is 1.78. The minimum atomic E-state index is -0.239. The molecule has 152 valence electrons. The van der Waals surface area contributed by atoms with Gasteiger partial charge in [0.05, 0.1) is 18.9 Å². The van der Waals surface area contributed by atoms with Gasteiger partial charge in [0.15, 0.2) is 0 Å². The summed E-state index contributed by atoms with van der Waals surface area (Å²) in [6, 6.07) is 13.9. The first-order valence-electron chi connectivity index (χ1n) is 9.81. The lowest BCUT2D eigenvalue weighted by molar-refractivity contribution is 0.0956. The number of hydrogen-bond donors (Lipinski definition) is 1. The minimum Gasteiger partial charge on any atom is -0.497 e. The molecule has 0 aliphatic rings. The quantitative estimate of drug-likeness (QED) is 0.486. The molecule has 1 aromatic heterocycles. The molecular formula is C23H28N4O2. The van der Waals surface area contributed by atoms with Crippen molar-refractivity contribution in [2.75, 3.05) is 25.1 Å². The molecule has 0 aliphatic carbocycles. The van der Waals surface area contributed by atoms with Gasteiger partial charge in [-0.2, -0.15) is 5.10 Å². The lowest BCUT2D eigenvalue weighted by Gasteiger charge is -2.20. The molecule has 0 saturated heterocycles. The first kappa shape index (κ1) is 20.5. The van der Waals surface area contributed by atoms with E-state index in [0.29, 0.717) is 11.3 Å². The Labute approximate surface area is 171 Å². The SMILES string of the molecule is CCN(CC)c1ccc(/C=N/NC(=O)c2c(C)n(C)c3ccc(OC)cc23)cc1. The molecule has 6 nitrogen and oxygen atoms in total. The van der Waals surface area contributed by atoms with Crippen molar-refractivity contribution in [2.24, 2.45) is 12.1 Å². The van der Waals surface area contributed by atoms with E-state index in [1.807, 2.05) is 48.9 Å². The molecular weight excluding hydrogens is 364 g/mol. The van der Waals surface area contributed by atoms with Crippen LogP contribution in [0.1, 0.15) is 35.5 Å². The van der Waals surface area contributed by atoms with Crippen molar-refractivity contribution in [1.82, 2.24) is 9.99 Å². The third-order valence-corrected chi connectivity index (χ3v) is 5.33. The number of hydrogen-bond acceptors (Lipinski definition) is 4. The van der Waals surface area contributed by atoms with Gasteiger partial charge in [0, 0.05) is 42.4 Å². The first-order valence-corrected chi connectivity index (χ1v) is 9.81. The number of ether oxygens (including phenoxy) is 1. The number of hydrazone groups is 1. The topological polar surface area (TPSA) is 58.9 Å². The van der Waals surface area contributed by atoms with Crippen molar-refractivity contribution in [3.63, 3.8) is 0 Å². The van der Waals surface area contributed by atoms with Gasteiger partial charge in [0.1, 0.15) is 5.75 Å². The van der Waals surface area contributed by atoms with Gasteiger partial charge in [-0.05, 0) is 56.7 Å². The van der Waals surface area contributed by atoms with Gasteiger partial charge in [-0.25, -0.2) is 5.43 Å². The molecule has 29 heavy (non-hydrogen) atoms. The Hall–Kier alpha value is -3.28. The van der Waals surface area contributed by atoms with Crippen molar-refractivity contribution >= 4 is 28.7 Å². The highest BCUT2D eigenvalue weighted by atomic mass is 16.5. The zero-order valence-electron chi connectivity index (χ0n) is 17.7. The van der Waals surface area contributed by atoms with Crippen LogP contribution in [0.5, 0.6) is 5.75 Å². The third kappa shape index (κ3) is 4.11.